The third kappa shape index (κ3) is 3.47. The van der Waals surface area contributed by atoms with Crippen LogP contribution in [0.3, 0.4) is 0 Å². The van der Waals surface area contributed by atoms with Crippen LogP contribution in [0.2, 0.25) is 0 Å². The van der Waals surface area contributed by atoms with Crippen LogP contribution in [0.15, 0.2) is 0 Å². The predicted molar refractivity (Wildman–Crippen MR) is 73.6 cm³/mol. The zero-order chi connectivity index (χ0) is 13.8. The second-order valence-corrected chi connectivity index (χ2v) is 5.73. The van der Waals surface area contributed by atoms with E-state index < -0.39 is 0 Å². The van der Waals surface area contributed by atoms with Gasteiger partial charge >= 0.3 is 0 Å². The number of piperidine rings is 1. The molecule has 0 spiro atoms. The Morgan fingerprint density at radius 3 is 2.63 bits per heavy atom. The number of carbonyl (C=O) groups is 2. The molecule has 2 aliphatic rings. The van der Waals surface area contributed by atoms with Crippen LogP contribution in [-0.4, -0.2) is 60.9 Å². The molecule has 108 valence electrons. The van der Waals surface area contributed by atoms with Gasteiger partial charge in [-0.05, 0) is 25.8 Å². The van der Waals surface area contributed by atoms with Gasteiger partial charge in [0.15, 0.2) is 0 Å². The Kier molecular flexibility index (Phi) is 4.80. The molecule has 5 heteroatoms. The summed E-state index contributed by atoms with van der Waals surface area (Å²) in [5, 5.41) is 2.74. The number of nitrogens with one attached hydrogen (secondary N) is 1. The molecule has 2 fully saturated rings. The van der Waals surface area contributed by atoms with Crippen LogP contribution in [0.1, 0.15) is 32.6 Å². The molecule has 2 heterocycles. The highest BCUT2D eigenvalue weighted by Crippen LogP contribution is 2.19. The van der Waals surface area contributed by atoms with Crippen LogP contribution in [0.4, 0.5) is 0 Å². The maximum atomic E-state index is 12.3. The number of carbonyl (C=O) groups excluding carboxylic acids is 2. The van der Waals surface area contributed by atoms with Crippen molar-refractivity contribution in [1.29, 1.82) is 0 Å². The quantitative estimate of drug-likeness (QED) is 0.805. The lowest BCUT2D eigenvalue weighted by Gasteiger charge is -2.37. The first-order chi connectivity index (χ1) is 9.11. The third-order valence-electron chi connectivity index (χ3n) is 4.32. The molecule has 0 bridgehead atoms. The molecule has 2 aliphatic heterocycles. The van der Waals surface area contributed by atoms with Crippen molar-refractivity contribution in [2.75, 3.05) is 33.2 Å². The van der Waals surface area contributed by atoms with E-state index in [0.29, 0.717) is 19.0 Å². The van der Waals surface area contributed by atoms with Gasteiger partial charge in [0.25, 0.3) is 0 Å². The fraction of sp³-hybridized carbons (Fsp3) is 0.857. The second kappa shape index (κ2) is 6.37. The molecule has 2 saturated heterocycles. The fourth-order valence-electron chi connectivity index (χ4n) is 3.09. The summed E-state index contributed by atoms with van der Waals surface area (Å²) in [5.74, 6) is -0.0111. The van der Waals surface area contributed by atoms with E-state index in [1.54, 1.807) is 0 Å². The Labute approximate surface area is 115 Å². The molecule has 1 unspecified atom stereocenters. The van der Waals surface area contributed by atoms with E-state index in [4.69, 9.17) is 0 Å². The molecular weight excluding hydrogens is 242 g/mol. The van der Waals surface area contributed by atoms with Crippen molar-refractivity contribution >= 4 is 11.8 Å². The van der Waals surface area contributed by atoms with Crippen LogP contribution < -0.4 is 5.32 Å². The van der Waals surface area contributed by atoms with Crippen molar-refractivity contribution in [3.8, 4) is 0 Å². The lowest BCUT2D eigenvalue weighted by Crippen LogP contribution is -2.47. The minimum absolute atomic E-state index is 0.00418. The highest BCUT2D eigenvalue weighted by atomic mass is 16.2. The molecule has 0 saturated carbocycles. The van der Waals surface area contributed by atoms with Gasteiger partial charge in [0.05, 0.1) is 5.92 Å². The zero-order valence-electron chi connectivity index (χ0n) is 12.0. The summed E-state index contributed by atoms with van der Waals surface area (Å²) in [7, 11) is 1.89. The molecule has 0 aromatic heterocycles. The lowest BCUT2D eigenvalue weighted by molar-refractivity contribution is -0.137. The Bertz CT molecular complexity index is 338. The summed E-state index contributed by atoms with van der Waals surface area (Å²) in [6, 6.07) is 0.344. The van der Waals surface area contributed by atoms with Crippen molar-refractivity contribution < 1.29 is 9.59 Å². The molecular formula is C14H25N3O2. The highest BCUT2D eigenvalue weighted by molar-refractivity contribution is 5.89. The van der Waals surface area contributed by atoms with Gasteiger partial charge in [-0.25, -0.2) is 0 Å². The number of hydrogen-bond acceptors (Lipinski definition) is 3. The van der Waals surface area contributed by atoms with E-state index in [1.807, 2.05) is 11.9 Å². The topological polar surface area (TPSA) is 52.6 Å². The molecule has 19 heavy (non-hydrogen) atoms. The normalized spacial score (nSPS) is 25.4. The lowest BCUT2D eigenvalue weighted by atomic mass is 10.0. The zero-order valence-corrected chi connectivity index (χ0v) is 12.0. The number of amides is 2. The standard InChI is InChI=1S/C14H25N3O2/c1-3-6-17-7-4-12(5-8-17)16(2)14(19)11-9-13(18)15-10-11/h11-12H,3-10H2,1-2H3,(H,15,18). The van der Waals surface area contributed by atoms with Crippen LogP contribution >= 0.6 is 0 Å². The maximum Gasteiger partial charge on any atom is 0.227 e. The fourth-order valence-corrected chi connectivity index (χ4v) is 3.09. The summed E-state index contributed by atoms with van der Waals surface area (Å²) in [6.45, 7) is 6.03. The molecule has 0 aromatic carbocycles. The molecule has 0 aliphatic carbocycles. The van der Waals surface area contributed by atoms with E-state index in [0.717, 1.165) is 32.5 Å². The van der Waals surface area contributed by atoms with Gasteiger partial charge < -0.3 is 15.1 Å². The average Bonchev–Trinajstić information content (AvgIpc) is 2.85. The first-order valence-corrected chi connectivity index (χ1v) is 7.37. The van der Waals surface area contributed by atoms with E-state index in [-0.39, 0.29) is 17.7 Å². The summed E-state index contributed by atoms with van der Waals surface area (Å²) in [6.07, 6.45) is 3.65. The molecule has 0 aromatic rings. The molecule has 5 nitrogen and oxygen atoms in total. The maximum absolute atomic E-state index is 12.3. The summed E-state index contributed by atoms with van der Waals surface area (Å²) in [4.78, 5) is 27.9. The average molecular weight is 267 g/mol. The number of hydrogen-bond donors (Lipinski definition) is 1. The molecule has 2 rings (SSSR count). The van der Waals surface area contributed by atoms with Gasteiger partial charge in [0.1, 0.15) is 0 Å². The van der Waals surface area contributed by atoms with Gasteiger partial charge in [0, 0.05) is 39.1 Å². The Morgan fingerprint density at radius 1 is 1.42 bits per heavy atom. The van der Waals surface area contributed by atoms with Crippen LogP contribution in [0.25, 0.3) is 0 Å². The van der Waals surface area contributed by atoms with Crippen molar-refractivity contribution in [2.24, 2.45) is 5.92 Å². The minimum Gasteiger partial charge on any atom is -0.355 e. The third-order valence-corrected chi connectivity index (χ3v) is 4.32. The minimum atomic E-state index is -0.147. The van der Waals surface area contributed by atoms with Gasteiger partial charge in [-0.1, -0.05) is 6.92 Å². The highest BCUT2D eigenvalue weighted by Gasteiger charge is 2.33. The van der Waals surface area contributed by atoms with Crippen LogP contribution in [0, 0.1) is 5.92 Å². The van der Waals surface area contributed by atoms with E-state index in [2.05, 4.69) is 17.1 Å². The van der Waals surface area contributed by atoms with E-state index >= 15 is 0 Å². The Balaban J connectivity index is 1.82. The number of likely N-dealkylation sites (tertiary alicyclic amines) is 1. The Hall–Kier alpha value is -1.10. The molecule has 0 radical (unpaired) electrons. The number of rotatable bonds is 4. The van der Waals surface area contributed by atoms with E-state index in [1.165, 1.54) is 6.42 Å². The van der Waals surface area contributed by atoms with Crippen LogP contribution in [-0.2, 0) is 9.59 Å². The molecule has 1 N–H and O–H groups in total. The first-order valence-electron chi connectivity index (χ1n) is 7.37. The smallest absolute Gasteiger partial charge is 0.227 e. The second-order valence-electron chi connectivity index (χ2n) is 5.73. The van der Waals surface area contributed by atoms with Crippen molar-refractivity contribution in [3.05, 3.63) is 0 Å². The summed E-state index contributed by atoms with van der Waals surface area (Å²) in [5.41, 5.74) is 0. The van der Waals surface area contributed by atoms with Gasteiger partial charge in [-0.3, -0.25) is 9.59 Å². The monoisotopic (exact) mass is 267 g/mol. The summed E-state index contributed by atoms with van der Waals surface area (Å²) >= 11 is 0. The first kappa shape index (κ1) is 14.3. The van der Waals surface area contributed by atoms with Gasteiger partial charge in [-0.15, -0.1) is 0 Å². The van der Waals surface area contributed by atoms with Crippen molar-refractivity contribution in [1.82, 2.24) is 15.1 Å². The predicted octanol–water partition coefficient (Wildman–Crippen LogP) is 0.455. The van der Waals surface area contributed by atoms with Crippen molar-refractivity contribution in [2.45, 2.75) is 38.6 Å². The molecule has 2 amide bonds. The molecule has 1 atom stereocenters. The SMILES string of the molecule is CCCN1CCC(N(C)C(=O)C2CNC(=O)C2)CC1. The summed E-state index contributed by atoms with van der Waals surface area (Å²) < 4.78 is 0. The largest absolute Gasteiger partial charge is 0.355 e. The number of nitrogens with zero attached hydrogens (tertiary/aromatic N) is 2. The Morgan fingerprint density at radius 2 is 2.11 bits per heavy atom. The van der Waals surface area contributed by atoms with Gasteiger partial charge in [0.2, 0.25) is 11.8 Å². The van der Waals surface area contributed by atoms with Gasteiger partial charge in [-0.2, -0.15) is 0 Å². The van der Waals surface area contributed by atoms with E-state index in [9.17, 15) is 9.59 Å². The van der Waals surface area contributed by atoms with Crippen LogP contribution in [0.5, 0.6) is 0 Å². The van der Waals surface area contributed by atoms with Crippen molar-refractivity contribution in [3.63, 3.8) is 0 Å².